The maximum atomic E-state index is 11.5. The standard InChI is InChI=1S/C13H18N2O3/c16-12(8-18-11-4-2-1-3-5-11)15-10-13(17)6-7-14-9-13/h1-5,14,17H,6-10H2,(H,15,16). The molecule has 2 rings (SSSR count). The highest BCUT2D eigenvalue weighted by atomic mass is 16.5. The predicted octanol–water partition coefficient (Wildman–Crippen LogP) is -0.0940. The van der Waals surface area contributed by atoms with Gasteiger partial charge >= 0.3 is 0 Å². The second-order valence-corrected chi connectivity index (χ2v) is 4.53. The van der Waals surface area contributed by atoms with E-state index >= 15 is 0 Å². The van der Waals surface area contributed by atoms with Crippen LogP contribution in [0.5, 0.6) is 5.75 Å². The van der Waals surface area contributed by atoms with Gasteiger partial charge in [0.15, 0.2) is 6.61 Å². The molecular weight excluding hydrogens is 232 g/mol. The molecule has 1 unspecified atom stereocenters. The topological polar surface area (TPSA) is 70.6 Å². The lowest BCUT2D eigenvalue weighted by atomic mass is 10.0. The number of rotatable bonds is 5. The molecule has 0 aromatic heterocycles. The fourth-order valence-electron chi connectivity index (χ4n) is 1.86. The van der Waals surface area contributed by atoms with Crippen LogP contribution < -0.4 is 15.4 Å². The van der Waals surface area contributed by atoms with Crippen LogP contribution in [0.3, 0.4) is 0 Å². The van der Waals surface area contributed by atoms with E-state index in [4.69, 9.17) is 4.74 Å². The number of hydrogen-bond acceptors (Lipinski definition) is 4. The Kier molecular flexibility index (Phi) is 4.17. The minimum Gasteiger partial charge on any atom is -0.484 e. The van der Waals surface area contributed by atoms with Crippen LogP contribution in [0, 0.1) is 0 Å². The summed E-state index contributed by atoms with van der Waals surface area (Å²) in [4.78, 5) is 11.5. The van der Waals surface area contributed by atoms with E-state index in [2.05, 4.69) is 10.6 Å². The molecule has 1 heterocycles. The first kappa shape index (κ1) is 12.9. The average Bonchev–Trinajstić information content (AvgIpc) is 2.83. The van der Waals surface area contributed by atoms with Crippen LogP contribution in [-0.2, 0) is 4.79 Å². The van der Waals surface area contributed by atoms with Gasteiger partial charge in [0.05, 0.1) is 5.60 Å². The number of nitrogens with one attached hydrogen (secondary N) is 2. The molecule has 0 saturated carbocycles. The fraction of sp³-hybridized carbons (Fsp3) is 0.462. The predicted molar refractivity (Wildman–Crippen MR) is 67.4 cm³/mol. The lowest BCUT2D eigenvalue weighted by Gasteiger charge is -2.21. The number of β-amino-alcohol motifs (C(OH)–C–C–N with tert-alkyl or cyclic N) is 1. The monoisotopic (exact) mass is 250 g/mol. The number of para-hydroxylation sites is 1. The van der Waals surface area contributed by atoms with Crippen LogP contribution in [0.1, 0.15) is 6.42 Å². The van der Waals surface area contributed by atoms with Crippen molar-refractivity contribution in [1.29, 1.82) is 0 Å². The van der Waals surface area contributed by atoms with Crippen LogP contribution in [-0.4, -0.2) is 42.9 Å². The maximum Gasteiger partial charge on any atom is 0.258 e. The Morgan fingerprint density at radius 1 is 1.44 bits per heavy atom. The van der Waals surface area contributed by atoms with E-state index in [-0.39, 0.29) is 19.1 Å². The molecule has 1 aliphatic heterocycles. The number of aliphatic hydroxyl groups is 1. The molecule has 1 atom stereocenters. The van der Waals surface area contributed by atoms with E-state index in [1.165, 1.54) is 0 Å². The van der Waals surface area contributed by atoms with Crippen LogP contribution in [0.2, 0.25) is 0 Å². The third kappa shape index (κ3) is 3.72. The molecule has 5 nitrogen and oxygen atoms in total. The lowest BCUT2D eigenvalue weighted by molar-refractivity contribution is -0.124. The Labute approximate surface area is 106 Å². The highest BCUT2D eigenvalue weighted by Gasteiger charge is 2.31. The summed E-state index contributed by atoms with van der Waals surface area (Å²) >= 11 is 0. The van der Waals surface area contributed by atoms with Crippen LogP contribution in [0.4, 0.5) is 0 Å². The number of hydrogen-bond donors (Lipinski definition) is 3. The van der Waals surface area contributed by atoms with Crippen molar-refractivity contribution in [3.05, 3.63) is 30.3 Å². The second kappa shape index (κ2) is 5.84. The van der Waals surface area contributed by atoms with Crippen molar-refractivity contribution < 1.29 is 14.6 Å². The highest BCUT2D eigenvalue weighted by molar-refractivity contribution is 5.77. The molecule has 1 saturated heterocycles. The average molecular weight is 250 g/mol. The van der Waals surface area contributed by atoms with Gasteiger partial charge in [-0.2, -0.15) is 0 Å². The maximum absolute atomic E-state index is 11.5. The third-order valence-electron chi connectivity index (χ3n) is 2.95. The molecule has 0 bridgehead atoms. The van der Waals surface area contributed by atoms with Gasteiger partial charge in [0, 0.05) is 13.1 Å². The third-order valence-corrected chi connectivity index (χ3v) is 2.95. The van der Waals surface area contributed by atoms with E-state index in [0.29, 0.717) is 18.7 Å². The van der Waals surface area contributed by atoms with Crippen molar-refractivity contribution in [2.45, 2.75) is 12.0 Å². The first-order valence-corrected chi connectivity index (χ1v) is 6.06. The first-order chi connectivity index (χ1) is 8.68. The zero-order valence-electron chi connectivity index (χ0n) is 10.2. The molecule has 1 aromatic carbocycles. The number of amides is 1. The Morgan fingerprint density at radius 3 is 2.89 bits per heavy atom. The van der Waals surface area contributed by atoms with Gasteiger partial charge in [0.2, 0.25) is 0 Å². The minimum absolute atomic E-state index is 0.0342. The zero-order chi connectivity index (χ0) is 12.8. The molecule has 1 fully saturated rings. The molecule has 98 valence electrons. The summed E-state index contributed by atoms with van der Waals surface area (Å²) in [6, 6.07) is 9.17. The summed E-state index contributed by atoms with van der Waals surface area (Å²) in [5.74, 6) is 0.438. The van der Waals surface area contributed by atoms with Gasteiger partial charge in [-0.3, -0.25) is 4.79 Å². The molecular formula is C13H18N2O3. The molecule has 0 radical (unpaired) electrons. The van der Waals surface area contributed by atoms with Crippen LogP contribution >= 0.6 is 0 Å². The van der Waals surface area contributed by atoms with Crippen LogP contribution in [0.15, 0.2) is 30.3 Å². The van der Waals surface area contributed by atoms with Crippen molar-refractivity contribution in [2.75, 3.05) is 26.2 Å². The smallest absolute Gasteiger partial charge is 0.258 e. The summed E-state index contributed by atoms with van der Waals surface area (Å²) in [6.07, 6.45) is 0.660. The summed E-state index contributed by atoms with van der Waals surface area (Å²) in [5.41, 5.74) is -0.817. The number of ether oxygens (including phenoxy) is 1. The quantitative estimate of drug-likeness (QED) is 0.683. The molecule has 0 spiro atoms. The summed E-state index contributed by atoms with van der Waals surface area (Å²) in [7, 11) is 0. The number of carbonyl (C=O) groups is 1. The van der Waals surface area contributed by atoms with E-state index in [1.807, 2.05) is 18.2 Å². The van der Waals surface area contributed by atoms with Gasteiger partial charge in [0.1, 0.15) is 5.75 Å². The van der Waals surface area contributed by atoms with E-state index in [9.17, 15) is 9.90 Å². The number of carbonyl (C=O) groups excluding carboxylic acids is 1. The molecule has 3 N–H and O–H groups in total. The van der Waals surface area contributed by atoms with Gasteiger partial charge < -0.3 is 20.5 Å². The lowest BCUT2D eigenvalue weighted by Crippen LogP contribution is -2.45. The van der Waals surface area contributed by atoms with Crippen molar-refractivity contribution >= 4 is 5.91 Å². The Hall–Kier alpha value is -1.59. The van der Waals surface area contributed by atoms with Crippen molar-refractivity contribution in [3.63, 3.8) is 0 Å². The minimum atomic E-state index is -0.817. The zero-order valence-corrected chi connectivity index (χ0v) is 10.2. The van der Waals surface area contributed by atoms with Gasteiger partial charge in [-0.05, 0) is 25.1 Å². The molecule has 5 heteroatoms. The van der Waals surface area contributed by atoms with Gasteiger partial charge in [-0.1, -0.05) is 18.2 Å². The fourth-order valence-corrected chi connectivity index (χ4v) is 1.86. The van der Waals surface area contributed by atoms with E-state index in [0.717, 1.165) is 6.54 Å². The Morgan fingerprint density at radius 2 is 2.22 bits per heavy atom. The molecule has 1 amide bonds. The summed E-state index contributed by atoms with van der Waals surface area (Å²) < 4.78 is 5.31. The van der Waals surface area contributed by atoms with E-state index in [1.54, 1.807) is 12.1 Å². The van der Waals surface area contributed by atoms with Crippen molar-refractivity contribution in [2.24, 2.45) is 0 Å². The van der Waals surface area contributed by atoms with Crippen molar-refractivity contribution in [3.8, 4) is 5.75 Å². The first-order valence-electron chi connectivity index (χ1n) is 6.06. The Balaban J connectivity index is 1.69. The highest BCUT2D eigenvalue weighted by Crippen LogP contribution is 2.12. The summed E-state index contributed by atoms with van der Waals surface area (Å²) in [6.45, 7) is 1.53. The van der Waals surface area contributed by atoms with Gasteiger partial charge in [-0.15, -0.1) is 0 Å². The summed E-state index contributed by atoms with van der Waals surface area (Å²) in [5, 5.41) is 15.8. The molecule has 1 aliphatic rings. The van der Waals surface area contributed by atoms with Crippen molar-refractivity contribution in [1.82, 2.24) is 10.6 Å². The number of benzene rings is 1. The van der Waals surface area contributed by atoms with E-state index < -0.39 is 5.60 Å². The largest absolute Gasteiger partial charge is 0.484 e. The normalized spacial score (nSPS) is 22.7. The second-order valence-electron chi connectivity index (χ2n) is 4.53. The van der Waals surface area contributed by atoms with Gasteiger partial charge in [-0.25, -0.2) is 0 Å². The van der Waals surface area contributed by atoms with Crippen LogP contribution in [0.25, 0.3) is 0 Å². The molecule has 1 aromatic rings. The molecule has 18 heavy (non-hydrogen) atoms. The van der Waals surface area contributed by atoms with Gasteiger partial charge in [0.25, 0.3) is 5.91 Å². The SMILES string of the molecule is O=C(COc1ccccc1)NCC1(O)CCNC1. The Bertz CT molecular complexity index is 388. The molecule has 0 aliphatic carbocycles.